The second kappa shape index (κ2) is 9.58. The van der Waals surface area contributed by atoms with Gasteiger partial charge in [0.15, 0.2) is 5.82 Å². The Bertz CT molecular complexity index is 1180. The van der Waals surface area contributed by atoms with Crippen LogP contribution in [0.1, 0.15) is 35.5 Å². The molecule has 176 valence electrons. The summed E-state index contributed by atoms with van der Waals surface area (Å²) in [5, 5.41) is 7.45. The van der Waals surface area contributed by atoms with E-state index in [0.29, 0.717) is 6.04 Å². The van der Waals surface area contributed by atoms with E-state index in [9.17, 15) is 8.42 Å². The lowest BCUT2D eigenvalue weighted by molar-refractivity contribution is 0.197. The fourth-order valence-electron chi connectivity index (χ4n) is 4.44. The van der Waals surface area contributed by atoms with Crippen LogP contribution < -0.4 is 9.62 Å². The lowest BCUT2D eigenvalue weighted by Gasteiger charge is -2.39. The normalized spacial score (nSPS) is 16.2. The summed E-state index contributed by atoms with van der Waals surface area (Å²) in [7, 11) is -3.22. The Kier molecular flexibility index (Phi) is 6.78. The summed E-state index contributed by atoms with van der Waals surface area (Å²) in [5.74, 6) is 0.877. The Labute approximate surface area is 195 Å². The van der Waals surface area contributed by atoms with Crippen molar-refractivity contribution in [2.45, 2.75) is 33.4 Å². The number of aryl methyl sites for hydroxylation is 2. The summed E-state index contributed by atoms with van der Waals surface area (Å²) < 4.78 is 25.2. The molecule has 4 rings (SSSR count). The van der Waals surface area contributed by atoms with E-state index >= 15 is 0 Å². The number of aromatic amines is 1. The van der Waals surface area contributed by atoms with Crippen LogP contribution in [0.3, 0.4) is 0 Å². The second-order valence-corrected chi connectivity index (χ2v) is 10.4. The molecule has 1 unspecified atom stereocenters. The van der Waals surface area contributed by atoms with Gasteiger partial charge in [-0.05, 0) is 26.3 Å². The van der Waals surface area contributed by atoms with Gasteiger partial charge in [-0.15, -0.1) is 0 Å². The predicted molar refractivity (Wildman–Crippen MR) is 129 cm³/mol. The average Bonchev–Trinajstić information content (AvgIpc) is 3.15. The maximum absolute atomic E-state index is 11.3. The SMILES string of the molecule is Cc1n[nH]c(C)c1C(C)N1CCN(c2nccnc2-c2ccc(CNS(C)(=O)=O)cc2)CC1. The Morgan fingerprint density at radius 2 is 1.73 bits per heavy atom. The van der Waals surface area contributed by atoms with E-state index < -0.39 is 10.0 Å². The highest BCUT2D eigenvalue weighted by Crippen LogP contribution is 2.30. The summed E-state index contributed by atoms with van der Waals surface area (Å²) in [4.78, 5) is 14.0. The quantitative estimate of drug-likeness (QED) is 0.547. The third-order valence-electron chi connectivity index (χ3n) is 6.21. The van der Waals surface area contributed by atoms with Gasteiger partial charge in [0.1, 0.15) is 5.69 Å². The van der Waals surface area contributed by atoms with E-state index in [-0.39, 0.29) is 6.54 Å². The fraction of sp³-hybridized carbons (Fsp3) is 0.435. The first kappa shape index (κ1) is 23.3. The molecule has 1 atom stereocenters. The number of hydrogen-bond donors (Lipinski definition) is 2. The molecule has 3 heterocycles. The van der Waals surface area contributed by atoms with E-state index in [1.807, 2.05) is 24.3 Å². The molecule has 3 aromatic rings. The van der Waals surface area contributed by atoms with Crippen molar-refractivity contribution in [2.24, 2.45) is 0 Å². The number of H-pyrrole nitrogens is 1. The molecular weight excluding hydrogens is 438 g/mol. The molecule has 1 saturated heterocycles. The van der Waals surface area contributed by atoms with Crippen LogP contribution in [0.15, 0.2) is 36.7 Å². The number of aromatic nitrogens is 4. The second-order valence-electron chi connectivity index (χ2n) is 8.57. The van der Waals surface area contributed by atoms with Gasteiger partial charge in [0.05, 0.1) is 11.9 Å². The molecule has 0 spiro atoms. The van der Waals surface area contributed by atoms with Crippen LogP contribution in [-0.4, -0.2) is 65.9 Å². The van der Waals surface area contributed by atoms with Crippen LogP contribution in [-0.2, 0) is 16.6 Å². The molecule has 33 heavy (non-hydrogen) atoms. The molecule has 2 N–H and O–H groups in total. The lowest BCUT2D eigenvalue weighted by Crippen LogP contribution is -2.47. The van der Waals surface area contributed by atoms with Crippen molar-refractivity contribution in [1.29, 1.82) is 0 Å². The minimum absolute atomic E-state index is 0.266. The number of sulfonamides is 1. The summed E-state index contributed by atoms with van der Waals surface area (Å²) in [6.07, 6.45) is 4.60. The van der Waals surface area contributed by atoms with Crippen LogP contribution in [0.25, 0.3) is 11.3 Å². The highest BCUT2D eigenvalue weighted by Gasteiger charge is 2.27. The van der Waals surface area contributed by atoms with Gasteiger partial charge in [0, 0.05) is 68.0 Å². The Balaban J connectivity index is 1.46. The predicted octanol–water partition coefficient (Wildman–Crippen LogP) is 2.42. The van der Waals surface area contributed by atoms with Crippen molar-refractivity contribution < 1.29 is 8.42 Å². The summed E-state index contributed by atoms with van der Waals surface area (Å²) >= 11 is 0. The van der Waals surface area contributed by atoms with Crippen molar-refractivity contribution in [3.8, 4) is 11.3 Å². The molecule has 10 heteroatoms. The Morgan fingerprint density at radius 1 is 1.06 bits per heavy atom. The number of benzene rings is 1. The molecule has 1 aliphatic heterocycles. The maximum Gasteiger partial charge on any atom is 0.209 e. The first-order valence-electron chi connectivity index (χ1n) is 11.1. The minimum atomic E-state index is -3.22. The van der Waals surface area contributed by atoms with Crippen LogP contribution in [0.5, 0.6) is 0 Å². The summed E-state index contributed by atoms with van der Waals surface area (Å²) in [6, 6.07) is 8.08. The Morgan fingerprint density at radius 3 is 2.33 bits per heavy atom. The highest BCUT2D eigenvalue weighted by atomic mass is 32.2. The van der Waals surface area contributed by atoms with Gasteiger partial charge in [-0.1, -0.05) is 24.3 Å². The molecule has 1 aromatic carbocycles. The van der Waals surface area contributed by atoms with Crippen molar-refractivity contribution in [1.82, 2.24) is 29.8 Å². The van der Waals surface area contributed by atoms with Gasteiger partial charge < -0.3 is 4.90 Å². The Hall–Kier alpha value is -2.82. The van der Waals surface area contributed by atoms with Gasteiger partial charge in [-0.3, -0.25) is 15.0 Å². The van der Waals surface area contributed by atoms with Crippen molar-refractivity contribution in [3.63, 3.8) is 0 Å². The van der Waals surface area contributed by atoms with Crippen molar-refractivity contribution >= 4 is 15.8 Å². The van der Waals surface area contributed by atoms with Gasteiger partial charge in [-0.25, -0.2) is 18.1 Å². The average molecular weight is 470 g/mol. The van der Waals surface area contributed by atoms with E-state index in [4.69, 9.17) is 0 Å². The molecule has 1 fully saturated rings. The van der Waals surface area contributed by atoms with Crippen LogP contribution in [0.4, 0.5) is 5.82 Å². The molecule has 0 radical (unpaired) electrons. The highest BCUT2D eigenvalue weighted by molar-refractivity contribution is 7.88. The standard InChI is InChI=1S/C23H31N7O2S/c1-16-21(17(2)28-27-16)18(3)29-11-13-30(14-12-29)23-22(24-9-10-25-23)20-7-5-19(6-8-20)15-26-33(4,31)32/h5-10,18,26H,11-15H2,1-4H3,(H,27,28). The maximum atomic E-state index is 11.3. The van der Waals surface area contributed by atoms with E-state index in [0.717, 1.165) is 66.5 Å². The molecule has 2 aromatic heterocycles. The van der Waals surface area contributed by atoms with Crippen LogP contribution >= 0.6 is 0 Å². The molecule has 0 amide bonds. The number of nitrogens with zero attached hydrogens (tertiary/aromatic N) is 5. The summed E-state index contributed by atoms with van der Waals surface area (Å²) in [6.45, 7) is 10.2. The largest absolute Gasteiger partial charge is 0.352 e. The van der Waals surface area contributed by atoms with Gasteiger partial charge in [0.25, 0.3) is 0 Å². The third-order valence-corrected chi connectivity index (χ3v) is 6.88. The molecule has 1 aliphatic rings. The molecule has 9 nitrogen and oxygen atoms in total. The lowest BCUT2D eigenvalue weighted by atomic mass is 10.0. The molecular formula is C23H31N7O2S. The van der Waals surface area contributed by atoms with Crippen molar-refractivity contribution in [2.75, 3.05) is 37.3 Å². The first-order valence-corrected chi connectivity index (χ1v) is 13.0. The topological polar surface area (TPSA) is 107 Å². The zero-order chi connectivity index (χ0) is 23.6. The van der Waals surface area contributed by atoms with Crippen molar-refractivity contribution in [3.05, 3.63) is 59.2 Å². The van der Waals surface area contributed by atoms with Gasteiger partial charge in [0.2, 0.25) is 10.0 Å². The molecule has 0 bridgehead atoms. The van der Waals surface area contributed by atoms with Crippen LogP contribution in [0.2, 0.25) is 0 Å². The zero-order valence-corrected chi connectivity index (χ0v) is 20.4. The molecule has 0 saturated carbocycles. The minimum Gasteiger partial charge on any atom is -0.352 e. The van der Waals surface area contributed by atoms with E-state index in [1.54, 1.807) is 12.4 Å². The first-order chi connectivity index (χ1) is 15.7. The van der Waals surface area contributed by atoms with Gasteiger partial charge in [-0.2, -0.15) is 5.10 Å². The monoisotopic (exact) mass is 469 g/mol. The van der Waals surface area contributed by atoms with E-state index in [1.165, 1.54) is 5.56 Å². The smallest absolute Gasteiger partial charge is 0.209 e. The molecule has 0 aliphatic carbocycles. The third kappa shape index (κ3) is 5.40. The zero-order valence-electron chi connectivity index (χ0n) is 19.5. The van der Waals surface area contributed by atoms with Crippen LogP contribution in [0, 0.1) is 13.8 Å². The van der Waals surface area contributed by atoms with Gasteiger partial charge >= 0.3 is 0 Å². The fourth-order valence-corrected chi connectivity index (χ4v) is 4.87. The number of rotatable bonds is 7. The number of piperazine rings is 1. The summed E-state index contributed by atoms with van der Waals surface area (Å²) in [5.41, 5.74) is 6.17. The number of anilines is 1. The number of hydrogen-bond acceptors (Lipinski definition) is 7. The van der Waals surface area contributed by atoms with E-state index in [2.05, 4.69) is 55.5 Å². The number of nitrogens with one attached hydrogen (secondary N) is 2.